The Hall–Kier alpha value is -2.15. The first-order valence-electron chi connectivity index (χ1n) is 8.55. The molecule has 144 valence electrons. The number of benzene rings is 1. The molecule has 1 aromatic carbocycles. The Morgan fingerprint density at radius 1 is 1.26 bits per heavy atom. The summed E-state index contributed by atoms with van der Waals surface area (Å²) < 4.78 is 1.74. The number of pyridine rings is 1. The molecule has 0 spiro atoms. The Kier molecular flexibility index (Phi) is 6.81. The lowest BCUT2D eigenvalue weighted by atomic mass is 10.0. The first-order valence-corrected chi connectivity index (χ1v) is 8.55. The number of fused-ring (bicyclic) bond motifs is 1. The van der Waals surface area contributed by atoms with Crippen molar-refractivity contribution >= 4 is 41.8 Å². The number of amides is 1. The average molecular weight is 408 g/mol. The van der Waals surface area contributed by atoms with Gasteiger partial charge in [-0.25, -0.2) is 4.98 Å². The van der Waals surface area contributed by atoms with Crippen LogP contribution >= 0.6 is 24.8 Å². The SMILES string of the molecule is Cc1nn(C)c2nc(-c3ccccc3)cc(C(=O)NC3CCNC3)c12.Cl.Cl. The van der Waals surface area contributed by atoms with Gasteiger partial charge >= 0.3 is 0 Å². The second-order valence-corrected chi connectivity index (χ2v) is 6.49. The molecule has 1 atom stereocenters. The van der Waals surface area contributed by atoms with Crippen molar-refractivity contribution in [3.05, 3.63) is 47.7 Å². The second kappa shape index (κ2) is 8.69. The van der Waals surface area contributed by atoms with Gasteiger partial charge in [0.25, 0.3) is 5.91 Å². The van der Waals surface area contributed by atoms with Crippen LogP contribution < -0.4 is 10.6 Å². The number of halogens is 2. The van der Waals surface area contributed by atoms with E-state index >= 15 is 0 Å². The van der Waals surface area contributed by atoms with E-state index in [1.165, 1.54) is 0 Å². The number of hydrogen-bond acceptors (Lipinski definition) is 4. The zero-order valence-corrected chi connectivity index (χ0v) is 16.9. The maximum Gasteiger partial charge on any atom is 0.252 e. The number of aromatic nitrogens is 3. The molecule has 0 saturated carbocycles. The van der Waals surface area contributed by atoms with Crippen molar-refractivity contribution in [2.75, 3.05) is 13.1 Å². The van der Waals surface area contributed by atoms with Crippen molar-refractivity contribution in [2.45, 2.75) is 19.4 Å². The van der Waals surface area contributed by atoms with Crippen LogP contribution in [0.3, 0.4) is 0 Å². The van der Waals surface area contributed by atoms with E-state index in [-0.39, 0.29) is 36.8 Å². The van der Waals surface area contributed by atoms with Gasteiger partial charge < -0.3 is 10.6 Å². The Labute approximate surface area is 170 Å². The Morgan fingerprint density at radius 2 is 2.00 bits per heavy atom. The van der Waals surface area contributed by atoms with Gasteiger partial charge in [-0.2, -0.15) is 5.10 Å². The third-order valence-corrected chi connectivity index (χ3v) is 4.68. The van der Waals surface area contributed by atoms with E-state index in [4.69, 9.17) is 4.98 Å². The van der Waals surface area contributed by atoms with E-state index in [9.17, 15) is 4.79 Å². The molecule has 27 heavy (non-hydrogen) atoms. The molecule has 3 aromatic rings. The monoisotopic (exact) mass is 407 g/mol. The lowest BCUT2D eigenvalue weighted by molar-refractivity contribution is 0.0941. The summed E-state index contributed by atoms with van der Waals surface area (Å²) in [5.74, 6) is -0.0608. The Balaban J connectivity index is 0.00000131. The third-order valence-electron chi connectivity index (χ3n) is 4.68. The molecular formula is C19H23Cl2N5O. The van der Waals surface area contributed by atoms with Gasteiger partial charge in [0.15, 0.2) is 5.65 Å². The molecule has 1 saturated heterocycles. The molecule has 6 nitrogen and oxygen atoms in total. The molecule has 0 aliphatic carbocycles. The Bertz CT molecular complexity index is 936. The quantitative estimate of drug-likeness (QED) is 0.699. The van der Waals surface area contributed by atoms with Crippen LogP contribution in [0.4, 0.5) is 0 Å². The first kappa shape index (κ1) is 21.2. The maximum atomic E-state index is 13.0. The number of nitrogens with one attached hydrogen (secondary N) is 2. The lowest BCUT2D eigenvalue weighted by Gasteiger charge is -2.13. The van der Waals surface area contributed by atoms with Gasteiger partial charge in [-0.05, 0) is 26.0 Å². The molecule has 1 amide bonds. The molecule has 1 aliphatic rings. The van der Waals surface area contributed by atoms with E-state index in [1.54, 1.807) is 4.68 Å². The van der Waals surface area contributed by atoms with Crippen LogP contribution in [0.1, 0.15) is 22.5 Å². The molecule has 1 unspecified atom stereocenters. The molecule has 2 aromatic heterocycles. The van der Waals surface area contributed by atoms with E-state index in [2.05, 4.69) is 15.7 Å². The van der Waals surface area contributed by atoms with Gasteiger partial charge in [-0.3, -0.25) is 9.48 Å². The zero-order valence-electron chi connectivity index (χ0n) is 15.2. The van der Waals surface area contributed by atoms with Crippen LogP contribution in [-0.2, 0) is 7.05 Å². The summed E-state index contributed by atoms with van der Waals surface area (Å²) in [4.78, 5) is 17.7. The fraction of sp³-hybridized carbons (Fsp3) is 0.316. The normalized spacial score (nSPS) is 15.9. The van der Waals surface area contributed by atoms with Crippen LogP contribution in [0.25, 0.3) is 22.3 Å². The molecule has 0 radical (unpaired) electrons. The van der Waals surface area contributed by atoms with Crippen molar-refractivity contribution in [3.8, 4) is 11.3 Å². The minimum atomic E-state index is -0.0608. The summed E-state index contributed by atoms with van der Waals surface area (Å²) in [5.41, 5.74) is 3.96. The van der Waals surface area contributed by atoms with Crippen molar-refractivity contribution in [2.24, 2.45) is 7.05 Å². The van der Waals surface area contributed by atoms with Crippen LogP contribution in [0.2, 0.25) is 0 Å². The second-order valence-electron chi connectivity index (χ2n) is 6.49. The number of carbonyl (C=O) groups excluding carboxylic acids is 1. The minimum Gasteiger partial charge on any atom is -0.348 e. The van der Waals surface area contributed by atoms with E-state index in [0.29, 0.717) is 5.56 Å². The lowest BCUT2D eigenvalue weighted by Crippen LogP contribution is -2.36. The topological polar surface area (TPSA) is 71.8 Å². The predicted octanol–water partition coefficient (Wildman–Crippen LogP) is 2.88. The Morgan fingerprint density at radius 3 is 2.67 bits per heavy atom. The zero-order chi connectivity index (χ0) is 17.4. The number of aryl methyl sites for hydroxylation is 2. The molecular weight excluding hydrogens is 385 g/mol. The highest BCUT2D eigenvalue weighted by atomic mass is 35.5. The number of carbonyl (C=O) groups is 1. The number of rotatable bonds is 3. The summed E-state index contributed by atoms with van der Waals surface area (Å²) >= 11 is 0. The fourth-order valence-corrected chi connectivity index (χ4v) is 3.42. The summed E-state index contributed by atoms with van der Waals surface area (Å²) in [6.07, 6.45) is 0.956. The van der Waals surface area contributed by atoms with Crippen LogP contribution in [0.5, 0.6) is 0 Å². The van der Waals surface area contributed by atoms with Crippen LogP contribution in [0, 0.1) is 6.92 Å². The maximum absolute atomic E-state index is 13.0. The molecule has 8 heteroatoms. The van der Waals surface area contributed by atoms with Crippen LogP contribution in [-0.4, -0.2) is 39.8 Å². The summed E-state index contributed by atoms with van der Waals surface area (Å²) in [5, 5.41) is 11.7. The summed E-state index contributed by atoms with van der Waals surface area (Å²) in [7, 11) is 1.86. The van der Waals surface area contributed by atoms with E-state index in [1.807, 2.05) is 50.4 Å². The highest BCUT2D eigenvalue weighted by Crippen LogP contribution is 2.26. The summed E-state index contributed by atoms with van der Waals surface area (Å²) in [6, 6.07) is 12.0. The number of hydrogen-bond donors (Lipinski definition) is 2. The van der Waals surface area contributed by atoms with Gasteiger partial charge in [0.1, 0.15) is 0 Å². The molecule has 1 fully saturated rings. The third kappa shape index (κ3) is 4.08. The van der Waals surface area contributed by atoms with Crippen molar-refractivity contribution in [1.29, 1.82) is 0 Å². The van der Waals surface area contributed by atoms with Crippen molar-refractivity contribution in [3.63, 3.8) is 0 Å². The minimum absolute atomic E-state index is 0. The predicted molar refractivity (Wildman–Crippen MR) is 112 cm³/mol. The molecule has 2 N–H and O–H groups in total. The highest BCUT2D eigenvalue weighted by molar-refractivity contribution is 6.07. The fourth-order valence-electron chi connectivity index (χ4n) is 3.42. The van der Waals surface area contributed by atoms with E-state index < -0.39 is 0 Å². The highest BCUT2D eigenvalue weighted by Gasteiger charge is 2.22. The molecule has 4 rings (SSSR count). The smallest absolute Gasteiger partial charge is 0.252 e. The van der Waals surface area contributed by atoms with Gasteiger partial charge in [0, 0.05) is 25.2 Å². The molecule has 3 heterocycles. The standard InChI is InChI=1S/C19H21N5O.2ClH/c1-12-17-15(19(25)21-14-8-9-20-11-14)10-16(13-6-4-3-5-7-13)22-18(17)24(2)23-12;;/h3-7,10,14,20H,8-9,11H2,1-2H3,(H,21,25);2*1H. The van der Waals surface area contributed by atoms with Gasteiger partial charge in [0.2, 0.25) is 0 Å². The van der Waals surface area contributed by atoms with Gasteiger partial charge in [0.05, 0.1) is 22.3 Å². The van der Waals surface area contributed by atoms with Gasteiger partial charge in [-0.15, -0.1) is 24.8 Å². The first-order chi connectivity index (χ1) is 12.1. The van der Waals surface area contributed by atoms with Crippen molar-refractivity contribution < 1.29 is 4.79 Å². The van der Waals surface area contributed by atoms with Crippen LogP contribution in [0.15, 0.2) is 36.4 Å². The van der Waals surface area contributed by atoms with Gasteiger partial charge in [-0.1, -0.05) is 30.3 Å². The number of nitrogens with zero attached hydrogens (tertiary/aromatic N) is 3. The largest absolute Gasteiger partial charge is 0.348 e. The van der Waals surface area contributed by atoms with Crippen molar-refractivity contribution in [1.82, 2.24) is 25.4 Å². The summed E-state index contributed by atoms with van der Waals surface area (Å²) in [6.45, 7) is 3.68. The average Bonchev–Trinajstić information content (AvgIpc) is 3.23. The van der Waals surface area contributed by atoms with E-state index in [0.717, 1.165) is 47.5 Å². The molecule has 0 bridgehead atoms. The molecule has 1 aliphatic heterocycles.